The minimum Gasteiger partial charge on any atom is -0.394 e. The van der Waals surface area contributed by atoms with Gasteiger partial charge in [0.15, 0.2) is 0 Å². The van der Waals surface area contributed by atoms with Gasteiger partial charge in [0.2, 0.25) is 5.91 Å². The molecule has 0 aliphatic carbocycles. The minimum atomic E-state index is -0.0594. The molecule has 0 radical (unpaired) electrons. The van der Waals surface area contributed by atoms with Gasteiger partial charge in [-0.2, -0.15) is 0 Å². The number of hydrogen-bond donors (Lipinski definition) is 1. The van der Waals surface area contributed by atoms with Gasteiger partial charge in [0, 0.05) is 18.9 Å². The average molecular weight is 209 g/mol. The van der Waals surface area contributed by atoms with Crippen molar-refractivity contribution in [3.8, 4) is 12.3 Å². The predicted octanol–water partition coefficient (Wildman–Crippen LogP) is 0.875. The van der Waals surface area contributed by atoms with Gasteiger partial charge in [0.1, 0.15) is 0 Å². The Morgan fingerprint density at radius 3 is 2.73 bits per heavy atom. The number of carbonyl (C=O) groups is 1. The molecule has 1 fully saturated rings. The minimum absolute atomic E-state index is 0.0266. The first-order valence-corrected chi connectivity index (χ1v) is 5.45. The van der Waals surface area contributed by atoms with Gasteiger partial charge >= 0.3 is 0 Å². The number of aliphatic hydroxyl groups is 1. The van der Waals surface area contributed by atoms with Crippen molar-refractivity contribution in [2.24, 2.45) is 11.8 Å². The van der Waals surface area contributed by atoms with Gasteiger partial charge in [-0.3, -0.25) is 4.79 Å². The highest BCUT2D eigenvalue weighted by Gasteiger charge is 2.33. The zero-order valence-corrected chi connectivity index (χ0v) is 9.44. The van der Waals surface area contributed by atoms with E-state index in [1.54, 1.807) is 4.90 Å². The molecule has 1 N–H and O–H groups in total. The van der Waals surface area contributed by atoms with Gasteiger partial charge in [-0.15, -0.1) is 12.3 Å². The van der Waals surface area contributed by atoms with Crippen LogP contribution in [0, 0.1) is 24.2 Å². The maximum Gasteiger partial charge on any atom is 0.224 e. The number of rotatable bonds is 4. The molecule has 1 saturated heterocycles. The zero-order chi connectivity index (χ0) is 11.4. The van der Waals surface area contributed by atoms with Crippen molar-refractivity contribution in [3.05, 3.63) is 0 Å². The Balaban J connectivity index is 2.62. The summed E-state index contributed by atoms with van der Waals surface area (Å²) in [5, 5.41) is 9.27. The molecule has 1 rings (SSSR count). The van der Waals surface area contributed by atoms with E-state index < -0.39 is 0 Å². The Bertz CT molecular complexity index is 267. The first-order valence-electron chi connectivity index (χ1n) is 5.45. The highest BCUT2D eigenvalue weighted by atomic mass is 16.3. The van der Waals surface area contributed by atoms with Crippen LogP contribution in [-0.2, 0) is 4.79 Å². The Hall–Kier alpha value is -1.01. The lowest BCUT2D eigenvalue weighted by atomic mass is 10.0. The summed E-state index contributed by atoms with van der Waals surface area (Å²) in [4.78, 5) is 13.4. The zero-order valence-electron chi connectivity index (χ0n) is 9.44. The Morgan fingerprint density at radius 1 is 1.67 bits per heavy atom. The monoisotopic (exact) mass is 209 g/mol. The van der Waals surface area contributed by atoms with Crippen molar-refractivity contribution in [1.29, 1.82) is 0 Å². The van der Waals surface area contributed by atoms with Crippen molar-refractivity contribution < 1.29 is 9.90 Å². The van der Waals surface area contributed by atoms with E-state index in [4.69, 9.17) is 6.42 Å². The summed E-state index contributed by atoms with van der Waals surface area (Å²) in [5.41, 5.74) is 0. The van der Waals surface area contributed by atoms with E-state index in [1.165, 1.54) is 0 Å². The summed E-state index contributed by atoms with van der Waals surface area (Å²) in [6.45, 7) is 4.80. The van der Waals surface area contributed by atoms with Gasteiger partial charge < -0.3 is 10.0 Å². The van der Waals surface area contributed by atoms with Crippen LogP contribution in [0.15, 0.2) is 0 Å². The fraction of sp³-hybridized carbons (Fsp3) is 0.750. The van der Waals surface area contributed by atoms with E-state index in [0.29, 0.717) is 18.9 Å². The van der Waals surface area contributed by atoms with Crippen molar-refractivity contribution in [2.75, 3.05) is 13.2 Å². The summed E-state index contributed by atoms with van der Waals surface area (Å²) < 4.78 is 0. The van der Waals surface area contributed by atoms with E-state index >= 15 is 0 Å². The summed E-state index contributed by atoms with van der Waals surface area (Å²) in [6, 6.07) is -0.0594. The van der Waals surface area contributed by atoms with Crippen molar-refractivity contribution in [3.63, 3.8) is 0 Å². The van der Waals surface area contributed by atoms with Crippen molar-refractivity contribution >= 4 is 5.91 Å². The third kappa shape index (κ3) is 2.97. The van der Waals surface area contributed by atoms with Crippen LogP contribution in [-0.4, -0.2) is 35.1 Å². The van der Waals surface area contributed by atoms with Crippen LogP contribution < -0.4 is 0 Å². The number of terminal acetylenes is 1. The van der Waals surface area contributed by atoms with Crippen LogP contribution in [0.5, 0.6) is 0 Å². The van der Waals surface area contributed by atoms with Gasteiger partial charge in [0.05, 0.1) is 12.6 Å². The lowest BCUT2D eigenvalue weighted by molar-refractivity contribution is -0.130. The van der Waals surface area contributed by atoms with Gasteiger partial charge in [-0.05, 0) is 12.3 Å². The van der Waals surface area contributed by atoms with Crippen LogP contribution in [0.4, 0.5) is 0 Å². The maximum atomic E-state index is 11.6. The third-order valence-electron chi connectivity index (χ3n) is 2.79. The molecule has 0 spiro atoms. The van der Waals surface area contributed by atoms with E-state index in [-0.39, 0.29) is 24.5 Å². The number of amides is 1. The molecule has 1 aliphatic rings. The molecule has 0 aromatic heterocycles. The van der Waals surface area contributed by atoms with Crippen LogP contribution in [0.1, 0.15) is 26.7 Å². The molecule has 2 atom stereocenters. The second-order valence-electron chi connectivity index (χ2n) is 4.58. The van der Waals surface area contributed by atoms with Crippen LogP contribution >= 0.6 is 0 Å². The van der Waals surface area contributed by atoms with E-state index in [1.807, 2.05) is 0 Å². The first-order chi connectivity index (χ1) is 7.08. The maximum absolute atomic E-state index is 11.6. The van der Waals surface area contributed by atoms with Crippen LogP contribution in [0.3, 0.4) is 0 Å². The largest absolute Gasteiger partial charge is 0.394 e. The fourth-order valence-electron chi connectivity index (χ4n) is 2.04. The van der Waals surface area contributed by atoms with Crippen LogP contribution in [0.2, 0.25) is 0 Å². The molecular weight excluding hydrogens is 190 g/mol. The number of carbonyl (C=O) groups excluding carboxylic acids is 1. The second kappa shape index (κ2) is 5.18. The van der Waals surface area contributed by atoms with Crippen LogP contribution in [0.25, 0.3) is 0 Å². The molecule has 15 heavy (non-hydrogen) atoms. The second-order valence-corrected chi connectivity index (χ2v) is 4.58. The topological polar surface area (TPSA) is 40.5 Å². The molecule has 1 heterocycles. The lowest BCUT2D eigenvalue weighted by Gasteiger charge is -2.27. The molecule has 84 valence electrons. The first kappa shape index (κ1) is 12.1. The van der Waals surface area contributed by atoms with Crippen molar-refractivity contribution in [2.45, 2.75) is 32.7 Å². The Kier molecular flexibility index (Phi) is 4.16. The molecule has 0 aromatic carbocycles. The lowest BCUT2D eigenvalue weighted by Crippen LogP contribution is -2.40. The summed E-state index contributed by atoms with van der Waals surface area (Å²) in [5.74, 6) is 3.19. The number of nitrogens with zero attached hydrogens (tertiary/aromatic N) is 1. The van der Waals surface area contributed by atoms with Gasteiger partial charge in [-0.1, -0.05) is 13.8 Å². The summed E-state index contributed by atoms with van der Waals surface area (Å²) >= 11 is 0. The molecule has 1 unspecified atom stereocenters. The quantitative estimate of drug-likeness (QED) is 0.698. The van der Waals surface area contributed by atoms with E-state index in [9.17, 15) is 9.90 Å². The number of likely N-dealkylation sites (tertiary alicyclic amines) is 1. The highest BCUT2D eigenvalue weighted by molar-refractivity contribution is 5.79. The number of aliphatic hydroxyl groups excluding tert-OH is 1. The van der Waals surface area contributed by atoms with Crippen molar-refractivity contribution in [1.82, 2.24) is 4.90 Å². The van der Waals surface area contributed by atoms with Gasteiger partial charge in [0.25, 0.3) is 0 Å². The Morgan fingerprint density at radius 2 is 2.33 bits per heavy atom. The molecule has 0 bridgehead atoms. The third-order valence-corrected chi connectivity index (χ3v) is 2.79. The van der Waals surface area contributed by atoms with E-state index in [0.717, 1.165) is 6.42 Å². The molecule has 1 amide bonds. The number of hydrogen-bond acceptors (Lipinski definition) is 2. The molecule has 0 aromatic rings. The molecule has 3 nitrogen and oxygen atoms in total. The molecular formula is C12H19NO2. The Labute approximate surface area is 91.5 Å². The predicted molar refractivity (Wildman–Crippen MR) is 59.0 cm³/mol. The SMILES string of the molecule is C#CC1CC(=O)N([C@H](CO)CC(C)C)C1. The molecule has 1 aliphatic heterocycles. The normalized spacial score (nSPS) is 23.3. The molecule has 3 heteroatoms. The summed E-state index contributed by atoms with van der Waals surface area (Å²) in [7, 11) is 0. The fourth-order valence-corrected chi connectivity index (χ4v) is 2.04. The van der Waals surface area contributed by atoms with Gasteiger partial charge in [-0.25, -0.2) is 0 Å². The smallest absolute Gasteiger partial charge is 0.224 e. The van der Waals surface area contributed by atoms with E-state index in [2.05, 4.69) is 19.8 Å². The summed E-state index contributed by atoms with van der Waals surface area (Å²) in [6.07, 6.45) is 6.58. The standard InChI is InChI=1S/C12H19NO2/c1-4-10-6-12(15)13(7-10)11(8-14)5-9(2)3/h1,9-11,14H,5-8H2,2-3H3/t10?,11-/m0/s1. The average Bonchev–Trinajstić information content (AvgIpc) is 2.56. The highest BCUT2D eigenvalue weighted by Crippen LogP contribution is 2.22. The molecule has 0 saturated carbocycles.